The highest BCUT2D eigenvalue weighted by Gasteiger charge is 2.23. The molecule has 0 amide bonds. The topological polar surface area (TPSA) is 153 Å². The van der Waals surface area contributed by atoms with Gasteiger partial charge in [0.1, 0.15) is 6.10 Å². The molecule has 2 atom stereocenters. The van der Waals surface area contributed by atoms with Gasteiger partial charge in [0.25, 0.3) is 0 Å². The van der Waals surface area contributed by atoms with Crippen molar-refractivity contribution in [3.05, 3.63) is 38.7 Å². The van der Waals surface area contributed by atoms with Crippen molar-refractivity contribution in [1.82, 2.24) is 0 Å². The predicted molar refractivity (Wildman–Crippen MR) is 67.8 cm³/mol. The summed E-state index contributed by atoms with van der Waals surface area (Å²) in [5, 5.41) is 31.5. The molecule has 19 heavy (non-hydrogen) atoms. The van der Waals surface area contributed by atoms with Crippen LogP contribution in [0.1, 0.15) is 22.0 Å². The van der Waals surface area contributed by atoms with Gasteiger partial charge in [0.2, 0.25) is 0 Å². The molecule has 0 aliphatic carbocycles. The molecular formula is C10H11ClN4O4. The van der Waals surface area contributed by atoms with Crippen LogP contribution in [0.5, 0.6) is 0 Å². The third kappa shape index (κ3) is 3.49. The molecule has 0 radical (unpaired) electrons. The normalized spacial score (nSPS) is 13.4. The summed E-state index contributed by atoms with van der Waals surface area (Å²) in [7, 11) is 0. The van der Waals surface area contributed by atoms with Gasteiger partial charge in [-0.05, 0) is 17.7 Å². The van der Waals surface area contributed by atoms with Crippen LogP contribution in [0.25, 0.3) is 10.4 Å². The highest BCUT2D eigenvalue weighted by Crippen LogP contribution is 2.30. The van der Waals surface area contributed by atoms with Gasteiger partial charge in [0, 0.05) is 15.5 Å². The van der Waals surface area contributed by atoms with E-state index in [1.165, 1.54) is 6.07 Å². The number of nitrogens with zero attached hydrogens (tertiary/aromatic N) is 3. The van der Waals surface area contributed by atoms with Gasteiger partial charge in [0.15, 0.2) is 0 Å². The number of aliphatic hydroxyl groups excluding tert-OH is 2. The Morgan fingerprint density at radius 1 is 1.53 bits per heavy atom. The van der Waals surface area contributed by atoms with Gasteiger partial charge >= 0.3 is 5.97 Å². The second-order valence-corrected chi connectivity index (χ2v) is 4.12. The van der Waals surface area contributed by atoms with E-state index >= 15 is 0 Å². The molecule has 5 N–H and O–H groups in total. The number of hydrogen-bond donors (Lipinski definition) is 4. The number of aliphatic hydroxyl groups is 2. The second kappa shape index (κ2) is 6.26. The van der Waals surface area contributed by atoms with E-state index < -0.39 is 18.2 Å². The highest BCUT2D eigenvalue weighted by atomic mass is 35.5. The summed E-state index contributed by atoms with van der Waals surface area (Å²) < 4.78 is 0. The molecule has 0 fully saturated rings. The quantitative estimate of drug-likeness (QED) is 0.278. The fourth-order valence-electron chi connectivity index (χ4n) is 1.49. The zero-order valence-corrected chi connectivity index (χ0v) is 10.3. The summed E-state index contributed by atoms with van der Waals surface area (Å²) in [6.45, 7) is -0.383. The van der Waals surface area contributed by atoms with Gasteiger partial charge < -0.3 is 21.1 Å². The summed E-state index contributed by atoms with van der Waals surface area (Å²) in [6, 6.07) is 2.38. The van der Waals surface area contributed by atoms with Gasteiger partial charge in [-0.25, -0.2) is 4.79 Å². The van der Waals surface area contributed by atoms with E-state index in [9.17, 15) is 15.0 Å². The number of hydrogen-bond acceptors (Lipinski definition) is 5. The summed E-state index contributed by atoms with van der Waals surface area (Å²) in [6.07, 6.45) is -2.93. The highest BCUT2D eigenvalue weighted by molar-refractivity contribution is 6.31. The van der Waals surface area contributed by atoms with Crippen molar-refractivity contribution < 1.29 is 20.1 Å². The van der Waals surface area contributed by atoms with Crippen LogP contribution < -0.4 is 5.73 Å². The Morgan fingerprint density at radius 3 is 2.68 bits per heavy atom. The van der Waals surface area contributed by atoms with Crippen molar-refractivity contribution in [1.29, 1.82) is 0 Å². The van der Waals surface area contributed by atoms with Gasteiger partial charge in [-0.2, -0.15) is 0 Å². The fourth-order valence-corrected chi connectivity index (χ4v) is 1.71. The first-order valence-electron chi connectivity index (χ1n) is 5.07. The van der Waals surface area contributed by atoms with E-state index in [-0.39, 0.29) is 28.4 Å². The Morgan fingerprint density at radius 2 is 2.16 bits per heavy atom. The van der Waals surface area contributed by atoms with Crippen molar-refractivity contribution >= 4 is 23.3 Å². The lowest BCUT2D eigenvalue weighted by Gasteiger charge is -2.19. The SMILES string of the molecule is [N-]=[N+]=NCC(O)C(O)c1cc(Cl)cc(C(=O)O)c1N. The second-order valence-electron chi connectivity index (χ2n) is 3.69. The lowest BCUT2D eigenvalue weighted by atomic mass is 9.99. The molecule has 0 saturated carbocycles. The van der Waals surface area contributed by atoms with Gasteiger partial charge in [-0.1, -0.05) is 16.7 Å². The van der Waals surface area contributed by atoms with Crippen molar-refractivity contribution in [2.24, 2.45) is 5.11 Å². The number of nitrogens with two attached hydrogens (primary N) is 1. The average molecular weight is 287 g/mol. The van der Waals surface area contributed by atoms with Gasteiger partial charge in [-0.3, -0.25) is 0 Å². The molecule has 0 aliphatic heterocycles. The molecule has 102 valence electrons. The average Bonchev–Trinajstić information content (AvgIpc) is 2.37. The summed E-state index contributed by atoms with van der Waals surface area (Å²) in [5.41, 5.74) is 13.2. The van der Waals surface area contributed by atoms with Crippen LogP contribution in [0.4, 0.5) is 5.69 Å². The van der Waals surface area contributed by atoms with E-state index in [0.717, 1.165) is 6.07 Å². The number of rotatable bonds is 5. The molecular weight excluding hydrogens is 276 g/mol. The Kier molecular flexibility index (Phi) is 4.96. The number of anilines is 1. The first-order valence-corrected chi connectivity index (χ1v) is 5.45. The van der Waals surface area contributed by atoms with Crippen LogP contribution >= 0.6 is 11.6 Å². The molecule has 1 aromatic rings. The zero-order valence-electron chi connectivity index (χ0n) is 9.56. The van der Waals surface area contributed by atoms with E-state index in [1.807, 2.05) is 0 Å². The molecule has 0 saturated heterocycles. The number of halogens is 1. The minimum atomic E-state index is -1.51. The third-order valence-electron chi connectivity index (χ3n) is 2.42. The lowest BCUT2D eigenvalue weighted by molar-refractivity contribution is 0.0248. The number of aromatic carboxylic acids is 1. The van der Waals surface area contributed by atoms with E-state index in [1.54, 1.807) is 0 Å². The minimum Gasteiger partial charge on any atom is -0.478 e. The molecule has 2 unspecified atom stereocenters. The van der Waals surface area contributed by atoms with Crippen LogP contribution in [0.2, 0.25) is 5.02 Å². The van der Waals surface area contributed by atoms with Crippen LogP contribution in [0.3, 0.4) is 0 Å². The van der Waals surface area contributed by atoms with Crippen molar-refractivity contribution in [2.75, 3.05) is 12.3 Å². The van der Waals surface area contributed by atoms with Crippen molar-refractivity contribution in [3.8, 4) is 0 Å². The molecule has 1 aromatic carbocycles. The molecule has 1 rings (SSSR count). The lowest BCUT2D eigenvalue weighted by Crippen LogP contribution is -2.23. The molecule has 0 bridgehead atoms. The maximum Gasteiger partial charge on any atom is 0.337 e. The summed E-state index contributed by atoms with van der Waals surface area (Å²) >= 11 is 5.73. The van der Waals surface area contributed by atoms with E-state index in [0.29, 0.717) is 0 Å². The Labute approximate surface area is 112 Å². The Balaban J connectivity index is 3.19. The van der Waals surface area contributed by atoms with Crippen LogP contribution in [0, 0.1) is 0 Å². The molecule has 0 aromatic heterocycles. The number of nitrogen functional groups attached to an aromatic ring is 1. The maximum absolute atomic E-state index is 10.9. The van der Waals surface area contributed by atoms with Crippen molar-refractivity contribution in [3.63, 3.8) is 0 Å². The minimum absolute atomic E-state index is 0.0365. The standard InChI is InChI=1S/C10H11ClN4O4/c11-4-1-5(8(12)6(2-4)10(18)19)9(17)7(16)3-14-15-13/h1-2,7,9,16-17H,3,12H2,(H,18,19). The van der Waals surface area contributed by atoms with E-state index in [2.05, 4.69) is 10.0 Å². The Hall–Kier alpha value is -1.99. The third-order valence-corrected chi connectivity index (χ3v) is 2.64. The Bertz CT molecular complexity index is 545. The number of azide groups is 1. The van der Waals surface area contributed by atoms with Gasteiger partial charge in [-0.15, -0.1) is 0 Å². The first kappa shape index (κ1) is 15.1. The fraction of sp³-hybridized carbons (Fsp3) is 0.300. The van der Waals surface area contributed by atoms with Gasteiger partial charge in [0.05, 0.1) is 23.9 Å². The van der Waals surface area contributed by atoms with Crippen LogP contribution in [-0.2, 0) is 0 Å². The molecule has 0 heterocycles. The van der Waals surface area contributed by atoms with Crippen LogP contribution in [0.15, 0.2) is 17.2 Å². The molecule has 0 spiro atoms. The number of carboxylic acids is 1. The number of carbonyl (C=O) groups is 1. The number of benzene rings is 1. The molecule has 0 aliphatic rings. The monoisotopic (exact) mass is 286 g/mol. The zero-order chi connectivity index (χ0) is 14.6. The number of carboxylic acid groups (broad SMARTS) is 1. The van der Waals surface area contributed by atoms with E-state index in [4.69, 9.17) is 28.0 Å². The van der Waals surface area contributed by atoms with Crippen molar-refractivity contribution in [2.45, 2.75) is 12.2 Å². The molecule has 9 heteroatoms. The van der Waals surface area contributed by atoms with Crippen LogP contribution in [-0.4, -0.2) is 33.9 Å². The largest absolute Gasteiger partial charge is 0.478 e. The maximum atomic E-state index is 10.9. The molecule has 8 nitrogen and oxygen atoms in total. The predicted octanol–water partition coefficient (Wildman–Crippen LogP) is 1.32. The summed E-state index contributed by atoms with van der Waals surface area (Å²) in [5.74, 6) is -1.31. The first-order chi connectivity index (χ1) is 8.88. The summed E-state index contributed by atoms with van der Waals surface area (Å²) in [4.78, 5) is 13.4. The smallest absolute Gasteiger partial charge is 0.337 e.